The number of benzene rings is 1. The molecule has 0 aliphatic rings. The molecule has 21 heavy (non-hydrogen) atoms. The molecule has 0 aliphatic carbocycles. The van der Waals surface area contributed by atoms with Gasteiger partial charge in [-0.1, -0.05) is 13.3 Å². The van der Waals surface area contributed by atoms with Crippen LogP contribution in [0.5, 0.6) is 0 Å². The molecular weight excluding hydrogens is 266 g/mol. The highest BCUT2D eigenvalue weighted by Crippen LogP contribution is 2.30. The molecule has 0 bridgehead atoms. The van der Waals surface area contributed by atoms with Gasteiger partial charge >= 0.3 is 5.97 Å². The summed E-state index contributed by atoms with van der Waals surface area (Å²) >= 11 is 0. The van der Waals surface area contributed by atoms with Crippen LogP contribution in [0.15, 0.2) is 12.1 Å². The number of hydrogen-bond donors (Lipinski definition) is 1. The fourth-order valence-electron chi connectivity index (χ4n) is 2.99. The number of nitrogens with zero attached hydrogens (tertiary/aromatic N) is 1. The summed E-state index contributed by atoms with van der Waals surface area (Å²) in [7, 11) is 0. The second-order valence-corrected chi connectivity index (χ2v) is 5.52. The van der Waals surface area contributed by atoms with Gasteiger partial charge in [0.05, 0.1) is 11.1 Å². The molecule has 0 saturated carbocycles. The highest BCUT2D eigenvalue weighted by atomic mass is 16.4. The third-order valence-electron chi connectivity index (χ3n) is 3.94. The summed E-state index contributed by atoms with van der Waals surface area (Å²) in [5.74, 6) is -0.983. The Morgan fingerprint density at radius 1 is 1.24 bits per heavy atom. The summed E-state index contributed by atoms with van der Waals surface area (Å²) in [4.78, 5) is 23.2. The minimum Gasteiger partial charge on any atom is -0.478 e. The molecule has 0 radical (unpaired) electrons. The number of aryl methyl sites for hydroxylation is 2. The largest absolute Gasteiger partial charge is 0.478 e. The zero-order valence-electron chi connectivity index (χ0n) is 13.0. The predicted molar refractivity (Wildman–Crippen MR) is 83.3 cm³/mol. The van der Waals surface area contributed by atoms with Crippen LogP contribution in [0.1, 0.15) is 58.7 Å². The molecule has 0 fully saturated rings. The van der Waals surface area contributed by atoms with Crippen molar-refractivity contribution in [2.45, 2.75) is 47.1 Å². The molecule has 4 nitrogen and oxygen atoms in total. The van der Waals surface area contributed by atoms with Gasteiger partial charge in [-0.15, -0.1) is 0 Å². The topological polar surface area (TPSA) is 59.3 Å². The van der Waals surface area contributed by atoms with Crippen molar-refractivity contribution in [3.63, 3.8) is 0 Å². The summed E-state index contributed by atoms with van der Waals surface area (Å²) < 4.78 is 2.15. The van der Waals surface area contributed by atoms with Crippen molar-refractivity contribution in [1.29, 1.82) is 0 Å². The molecule has 0 unspecified atom stereocenters. The van der Waals surface area contributed by atoms with Crippen LogP contribution in [0.4, 0.5) is 0 Å². The van der Waals surface area contributed by atoms with Crippen LogP contribution in [0, 0.1) is 13.8 Å². The Kier molecular flexibility index (Phi) is 4.16. The Balaban J connectivity index is 2.83. The quantitative estimate of drug-likeness (QED) is 0.847. The van der Waals surface area contributed by atoms with Crippen molar-refractivity contribution in [1.82, 2.24) is 4.57 Å². The number of carbonyl (C=O) groups is 2. The Morgan fingerprint density at radius 3 is 2.43 bits per heavy atom. The van der Waals surface area contributed by atoms with Crippen LogP contribution in [-0.2, 0) is 6.54 Å². The Hall–Kier alpha value is -2.10. The summed E-state index contributed by atoms with van der Waals surface area (Å²) in [6, 6.07) is 3.30. The number of carboxylic acids is 1. The third-order valence-corrected chi connectivity index (χ3v) is 3.94. The number of unbranched alkanes of at least 4 members (excludes halogenated alkanes) is 1. The van der Waals surface area contributed by atoms with Crippen LogP contribution < -0.4 is 0 Å². The van der Waals surface area contributed by atoms with E-state index in [1.807, 2.05) is 13.8 Å². The SMILES string of the molecule is CCCCn1c(C)c(C(C)=O)c2cc(C(=O)O)cc(C)c21. The molecule has 4 heteroatoms. The van der Waals surface area contributed by atoms with E-state index in [1.165, 1.54) is 6.92 Å². The predicted octanol–water partition coefficient (Wildman–Crippen LogP) is 3.96. The average molecular weight is 287 g/mol. The van der Waals surface area contributed by atoms with Gasteiger partial charge in [-0.05, 0) is 44.9 Å². The Labute approximate surface area is 124 Å². The number of aromatic carboxylic acids is 1. The van der Waals surface area contributed by atoms with E-state index in [-0.39, 0.29) is 11.3 Å². The molecule has 112 valence electrons. The molecule has 1 aromatic carbocycles. The standard InChI is InChI=1S/C17H21NO3/c1-5-6-7-18-11(3)15(12(4)19)14-9-13(17(20)21)8-10(2)16(14)18/h8-9H,5-7H2,1-4H3,(H,20,21). The monoisotopic (exact) mass is 287 g/mol. The average Bonchev–Trinajstić information content (AvgIpc) is 2.68. The van der Waals surface area contributed by atoms with Gasteiger partial charge in [0, 0.05) is 23.2 Å². The summed E-state index contributed by atoms with van der Waals surface area (Å²) in [5, 5.41) is 9.98. The zero-order chi connectivity index (χ0) is 15.7. The first kappa shape index (κ1) is 15.3. The van der Waals surface area contributed by atoms with Gasteiger partial charge in [0.1, 0.15) is 0 Å². The molecule has 2 aromatic rings. The van der Waals surface area contributed by atoms with Crippen molar-refractivity contribution >= 4 is 22.7 Å². The first-order chi connectivity index (χ1) is 9.88. The first-order valence-electron chi connectivity index (χ1n) is 7.26. The lowest BCUT2D eigenvalue weighted by molar-refractivity contribution is 0.0696. The van der Waals surface area contributed by atoms with Gasteiger partial charge in [0.25, 0.3) is 0 Å². The van der Waals surface area contributed by atoms with Crippen LogP contribution in [-0.4, -0.2) is 21.4 Å². The minimum atomic E-state index is -0.964. The Bertz CT molecular complexity index is 725. The molecule has 1 heterocycles. The van der Waals surface area contributed by atoms with E-state index < -0.39 is 5.97 Å². The van der Waals surface area contributed by atoms with Crippen molar-refractivity contribution in [3.8, 4) is 0 Å². The smallest absolute Gasteiger partial charge is 0.335 e. The molecule has 0 spiro atoms. The number of aromatic nitrogens is 1. The first-order valence-corrected chi connectivity index (χ1v) is 7.26. The number of ketones is 1. The molecule has 0 aliphatic heterocycles. The van der Waals surface area contributed by atoms with Gasteiger partial charge in [-0.25, -0.2) is 4.79 Å². The third kappa shape index (κ3) is 2.58. The van der Waals surface area contributed by atoms with Crippen LogP contribution >= 0.6 is 0 Å². The molecule has 0 amide bonds. The van der Waals surface area contributed by atoms with E-state index in [2.05, 4.69) is 11.5 Å². The maximum atomic E-state index is 12.0. The van der Waals surface area contributed by atoms with Crippen LogP contribution in [0.3, 0.4) is 0 Å². The molecule has 2 rings (SSSR count). The van der Waals surface area contributed by atoms with Crippen molar-refractivity contribution < 1.29 is 14.7 Å². The fraction of sp³-hybridized carbons (Fsp3) is 0.412. The number of carboxylic acid groups (broad SMARTS) is 1. The van der Waals surface area contributed by atoms with E-state index in [0.29, 0.717) is 5.56 Å². The highest BCUT2D eigenvalue weighted by Gasteiger charge is 2.20. The van der Waals surface area contributed by atoms with E-state index in [0.717, 1.165) is 41.5 Å². The molecular formula is C17H21NO3. The maximum absolute atomic E-state index is 12.0. The van der Waals surface area contributed by atoms with E-state index in [9.17, 15) is 14.7 Å². The van der Waals surface area contributed by atoms with Gasteiger partial charge in [0.15, 0.2) is 5.78 Å². The van der Waals surface area contributed by atoms with E-state index >= 15 is 0 Å². The number of rotatable bonds is 5. The fourth-order valence-corrected chi connectivity index (χ4v) is 2.99. The zero-order valence-corrected chi connectivity index (χ0v) is 13.0. The lowest BCUT2D eigenvalue weighted by Gasteiger charge is -2.09. The number of carbonyl (C=O) groups excluding carboxylic acids is 1. The maximum Gasteiger partial charge on any atom is 0.335 e. The number of Topliss-reactive ketones (excluding diaryl/α,β-unsaturated/α-hetero) is 1. The van der Waals surface area contributed by atoms with Crippen molar-refractivity contribution in [2.24, 2.45) is 0 Å². The Morgan fingerprint density at radius 2 is 1.90 bits per heavy atom. The molecule has 1 aromatic heterocycles. The summed E-state index contributed by atoms with van der Waals surface area (Å²) in [6.45, 7) is 8.35. The highest BCUT2D eigenvalue weighted by molar-refractivity contribution is 6.10. The van der Waals surface area contributed by atoms with E-state index in [1.54, 1.807) is 12.1 Å². The van der Waals surface area contributed by atoms with E-state index in [4.69, 9.17) is 0 Å². The van der Waals surface area contributed by atoms with Gasteiger partial charge in [-0.3, -0.25) is 4.79 Å². The minimum absolute atomic E-state index is 0.0188. The summed E-state index contributed by atoms with van der Waals surface area (Å²) in [5.41, 5.74) is 3.69. The number of hydrogen-bond acceptors (Lipinski definition) is 2. The molecule has 0 saturated heterocycles. The lowest BCUT2D eigenvalue weighted by atomic mass is 10.0. The lowest BCUT2D eigenvalue weighted by Crippen LogP contribution is -2.03. The second-order valence-electron chi connectivity index (χ2n) is 5.52. The van der Waals surface area contributed by atoms with Crippen molar-refractivity contribution in [2.75, 3.05) is 0 Å². The van der Waals surface area contributed by atoms with Gasteiger partial charge in [-0.2, -0.15) is 0 Å². The molecule has 1 N–H and O–H groups in total. The summed E-state index contributed by atoms with van der Waals surface area (Å²) in [6.07, 6.45) is 2.10. The van der Waals surface area contributed by atoms with Crippen LogP contribution in [0.2, 0.25) is 0 Å². The van der Waals surface area contributed by atoms with Gasteiger partial charge < -0.3 is 9.67 Å². The normalized spacial score (nSPS) is 11.0. The molecule has 0 atom stereocenters. The second kappa shape index (κ2) is 5.72. The van der Waals surface area contributed by atoms with Gasteiger partial charge in [0.2, 0.25) is 0 Å². The van der Waals surface area contributed by atoms with Crippen molar-refractivity contribution in [3.05, 3.63) is 34.5 Å². The van der Waals surface area contributed by atoms with Crippen LogP contribution in [0.25, 0.3) is 10.9 Å². The number of fused-ring (bicyclic) bond motifs is 1.